The molecule has 0 aromatic heterocycles. The zero-order valence-electron chi connectivity index (χ0n) is 9.05. The zero-order chi connectivity index (χ0) is 11.3. The maximum Gasteiger partial charge on any atom is 0.337 e. The summed E-state index contributed by atoms with van der Waals surface area (Å²) in [5.41, 5.74) is 7.11. The number of carbonyl (C=O) groups excluding carboxylic acids is 1. The number of ether oxygens (including phenoxy) is 1. The topological polar surface area (TPSA) is 72.5 Å². The maximum atomic E-state index is 11.2. The van der Waals surface area contributed by atoms with Gasteiger partial charge in [-0.15, -0.1) is 12.4 Å². The third kappa shape index (κ3) is 3.81. The lowest BCUT2D eigenvalue weighted by Gasteiger charge is -2.11. The van der Waals surface area contributed by atoms with Crippen molar-refractivity contribution in [1.29, 1.82) is 0 Å². The number of hydrogen-bond acceptors (Lipinski definition) is 4. The van der Waals surface area contributed by atoms with Crippen LogP contribution in [-0.2, 0) is 4.74 Å². The predicted octanol–water partition coefficient (Wildman–Crippen LogP) is 1.28. The summed E-state index contributed by atoms with van der Waals surface area (Å²) in [6.45, 7) is 0.0314. The molecule has 0 saturated carbocycles. The smallest absolute Gasteiger partial charge is 0.337 e. The van der Waals surface area contributed by atoms with Gasteiger partial charge in [-0.1, -0.05) is 12.1 Å². The van der Waals surface area contributed by atoms with Crippen LogP contribution in [0.3, 0.4) is 0 Å². The Labute approximate surface area is 101 Å². The SMILES string of the molecule is COC(=O)c1cccc([C@@H](N)CCO)c1.Cl. The molecule has 0 aliphatic heterocycles. The van der Waals surface area contributed by atoms with Crippen molar-refractivity contribution >= 4 is 18.4 Å². The highest BCUT2D eigenvalue weighted by Gasteiger charge is 2.09. The molecular formula is C11H16ClNO3. The molecule has 4 nitrogen and oxygen atoms in total. The summed E-state index contributed by atoms with van der Waals surface area (Å²) < 4.78 is 4.60. The zero-order valence-corrected chi connectivity index (χ0v) is 9.87. The van der Waals surface area contributed by atoms with Gasteiger partial charge in [-0.3, -0.25) is 0 Å². The molecule has 3 N–H and O–H groups in total. The lowest BCUT2D eigenvalue weighted by molar-refractivity contribution is 0.0600. The van der Waals surface area contributed by atoms with Crippen molar-refractivity contribution < 1.29 is 14.6 Å². The summed E-state index contributed by atoms with van der Waals surface area (Å²) in [4.78, 5) is 11.2. The van der Waals surface area contributed by atoms with Crippen molar-refractivity contribution in [2.45, 2.75) is 12.5 Å². The molecule has 1 atom stereocenters. The minimum Gasteiger partial charge on any atom is -0.465 e. The number of rotatable bonds is 4. The fourth-order valence-electron chi connectivity index (χ4n) is 1.32. The van der Waals surface area contributed by atoms with Gasteiger partial charge in [0.05, 0.1) is 12.7 Å². The van der Waals surface area contributed by atoms with Crippen LogP contribution in [0.1, 0.15) is 28.4 Å². The quantitative estimate of drug-likeness (QED) is 0.784. The summed E-state index contributed by atoms with van der Waals surface area (Å²) in [5, 5.41) is 8.75. The Bertz CT molecular complexity index is 344. The maximum absolute atomic E-state index is 11.2. The molecule has 16 heavy (non-hydrogen) atoms. The van der Waals surface area contributed by atoms with Crippen LogP contribution >= 0.6 is 12.4 Å². The summed E-state index contributed by atoms with van der Waals surface area (Å²) in [6.07, 6.45) is 0.477. The van der Waals surface area contributed by atoms with Crippen LogP contribution in [0.15, 0.2) is 24.3 Å². The van der Waals surface area contributed by atoms with Crippen molar-refractivity contribution in [2.24, 2.45) is 5.73 Å². The first kappa shape index (κ1) is 14.9. The van der Waals surface area contributed by atoms with Gasteiger partial charge >= 0.3 is 5.97 Å². The van der Waals surface area contributed by atoms with Gasteiger partial charge in [0.15, 0.2) is 0 Å². The van der Waals surface area contributed by atoms with Crippen LogP contribution in [0.25, 0.3) is 0 Å². The first-order valence-corrected chi connectivity index (χ1v) is 4.73. The largest absolute Gasteiger partial charge is 0.465 e. The third-order valence-corrected chi connectivity index (χ3v) is 2.18. The van der Waals surface area contributed by atoms with Crippen molar-refractivity contribution in [3.63, 3.8) is 0 Å². The minimum absolute atomic E-state index is 0. The van der Waals surface area contributed by atoms with Crippen molar-refractivity contribution in [3.8, 4) is 0 Å². The van der Waals surface area contributed by atoms with E-state index in [-0.39, 0.29) is 31.0 Å². The number of hydrogen-bond donors (Lipinski definition) is 2. The molecule has 0 unspecified atom stereocenters. The molecule has 1 rings (SSSR count). The van der Waals surface area contributed by atoms with E-state index in [0.717, 1.165) is 5.56 Å². The van der Waals surface area contributed by atoms with E-state index in [4.69, 9.17) is 10.8 Å². The van der Waals surface area contributed by atoms with Gasteiger partial charge < -0.3 is 15.6 Å². The molecule has 1 aromatic rings. The van der Waals surface area contributed by atoms with E-state index >= 15 is 0 Å². The number of nitrogens with two attached hydrogens (primary N) is 1. The summed E-state index contributed by atoms with van der Waals surface area (Å²) >= 11 is 0. The van der Waals surface area contributed by atoms with Gasteiger partial charge in [0.25, 0.3) is 0 Å². The van der Waals surface area contributed by atoms with Crippen LogP contribution in [0.5, 0.6) is 0 Å². The van der Waals surface area contributed by atoms with Crippen molar-refractivity contribution in [3.05, 3.63) is 35.4 Å². The second kappa shape index (κ2) is 7.22. The predicted molar refractivity (Wildman–Crippen MR) is 63.7 cm³/mol. The van der Waals surface area contributed by atoms with E-state index in [0.29, 0.717) is 12.0 Å². The Morgan fingerprint density at radius 2 is 2.25 bits per heavy atom. The number of benzene rings is 1. The van der Waals surface area contributed by atoms with Gasteiger partial charge in [0.2, 0.25) is 0 Å². The van der Waals surface area contributed by atoms with Crippen LogP contribution in [0, 0.1) is 0 Å². The average Bonchev–Trinajstić information content (AvgIpc) is 2.28. The van der Waals surface area contributed by atoms with Crippen LogP contribution in [0.4, 0.5) is 0 Å². The number of aliphatic hydroxyl groups excluding tert-OH is 1. The lowest BCUT2D eigenvalue weighted by atomic mass is 10.0. The molecule has 0 aliphatic rings. The molecule has 90 valence electrons. The number of halogens is 1. The van der Waals surface area contributed by atoms with E-state index in [1.165, 1.54) is 7.11 Å². The molecular weight excluding hydrogens is 230 g/mol. The fourth-order valence-corrected chi connectivity index (χ4v) is 1.32. The molecule has 1 aromatic carbocycles. The monoisotopic (exact) mass is 245 g/mol. The number of esters is 1. The minimum atomic E-state index is -0.381. The summed E-state index contributed by atoms with van der Waals surface area (Å²) in [5.74, 6) is -0.381. The Morgan fingerprint density at radius 1 is 1.56 bits per heavy atom. The van der Waals surface area contributed by atoms with Gasteiger partial charge in [0.1, 0.15) is 0 Å². The van der Waals surface area contributed by atoms with Crippen LogP contribution < -0.4 is 5.73 Å². The molecule has 0 bridgehead atoms. The molecule has 0 amide bonds. The normalized spacial score (nSPS) is 11.4. The van der Waals surface area contributed by atoms with E-state index in [2.05, 4.69) is 4.74 Å². The Kier molecular flexibility index (Phi) is 6.72. The van der Waals surface area contributed by atoms with Gasteiger partial charge in [0, 0.05) is 12.6 Å². The van der Waals surface area contributed by atoms with E-state index < -0.39 is 0 Å². The van der Waals surface area contributed by atoms with E-state index in [1.54, 1.807) is 18.2 Å². The highest BCUT2D eigenvalue weighted by Crippen LogP contribution is 2.15. The van der Waals surface area contributed by atoms with Gasteiger partial charge in [-0.2, -0.15) is 0 Å². The van der Waals surface area contributed by atoms with Crippen LogP contribution in [0.2, 0.25) is 0 Å². The van der Waals surface area contributed by atoms with Crippen molar-refractivity contribution in [1.82, 2.24) is 0 Å². The molecule has 0 radical (unpaired) electrons. The number of carbonyl (C=O) groups is 1. The molecule has 0 saturated heterocycles. The Balaban J connectivity index is 0.00000225. The van der Waals surface area contributed by atoms with Gasteiger partial charge in [-0.05, 0) is 24.1 Å². The van der Waals surface area contributed by atoms with Crippen molar-refractivity contribution in [2.75, 3.05) is 13.7 Å². The summed E-state index contributed by atoms with van der Waals surface area (Å²) in [7, 11) is 1.34. The molecule has 0 heterocycles. The second-order valence-corrected chi connectivity index (χ2v) is 3.24. The molecule has 0 spiro atoms. The summed E-state index contributed by atoms with van der Waals surface area (Å²) in [6, 6.07) is 6.68. The lowest BCUT2D eigenvalue weighted by Crippen LogP contribution is -2.13. The Morgan fingerprint density at radius 3 is 2.81 bits per heavy atom. The Hall–Kier alpha value is -1.10. The third-order valence-electron chi connectivity index (χ3n) is 2.18. The molecule has 5 heteroatoms. The fraction of sp³-hybridized carbons (Fsp3) is 0.364. The van der Waals surface area contributed by atoms with Crippen LogP contribution in [-0.4, -0.2) is 24.8 Å². The standard InChI is InChI=1S/C11H15NO3.ClH/c1-15-11(14)9-4-2-3-8(7-9)10(12)5-6-13;/h2-4,7,10,13H,5-6,12H2,1H3;1H/t10-;/m0./s1. The van der Waals surface area contributed by atoms with E-state index in [9.17, 15) is 4.79 Å². The van der Waals surface area contributed by atoms with E-state index in [1.807, 2.05) is 6.07 Å². The first-order valence-electron chi connectivity index (χ1n) is 4.73. The molecule has 0 fully saturated rings. The first-order chi connectivity index (χ1) is 7.19. The second-order valence-electron chi connectivity index (χ2n) is 3.24. The average molecular weight is 246 g/mol. The number of methoxy groups -OCH3 is 1. The highest BCUT2D eigenvalue weighted by molar-refractivity contribution is 5.89. The number of aliphatic hydroxyl groups is 1. The highest BCUT2D eigenvalue weighted by atomic mass is 35.5. The molecule has 0 aliphatic carbocycles. The van der Waals surface area contributed by atoms with Gasteiger partial charge in [-0.25, -0.2) is 4.79 Å².